The number of rotatable bonds is 8. The molecular formula is C32H29F3N2O3. The molecule has 0 N–H and O–H groups in total. The second-order valence-corrected chi connectivity index (χ2v) is 9.29. The van der Waals surface area contributed by atoms with Crippen LogP contribution in [0.25, 0.3) is 22.5 Å². The maximum absolute atomic E-state index is 13.0. The van der Waals surface area contributed by atoms with Gasteiger partial charge in [0.15, 0.2) is 5.76 Å². The van der Waals surface area contributed by atoms with Gasteiger partial charge in [0.25, 0.3) is 0 Å². The number of nitrogens with zero attached hydrogens (tertiary/aromatic N) is 2. The van der Waals surface area contributed by atoms with Crippen LogP contribution < -0.4 is 4.90 Å². The van der Waals surface area contributed by atoms with Crippen LogP contribution in [-0.4, -0.2) is 31.3 Å². The van der Waals surface area contributed by atoms with E-state index in [0.717, 1.165) is 34.1 Å². The quantitative estimate of drug-likeness (QED) is 0.171. The number of anilines is 1. The molecule has 0 spiro atoms. The first-order chi connectivity index (χ1) is 19.2. The predicted molar refractivity (Wildman–Crippen MR) is 149 cm³/mol. The van der Waals surface area contributed by atoms with E-state index in [1.54, 1.807) is 13.0 Å². The molecule has 0 radical (unpaired) electrons. The van der Waals surface area contributed by atoms with Gasteiger partial charge in [-0.25, -0.2) is 4.79 Å². The van der Waals surface area contributed by atoms with E-state index in [0.29, 0.717) is 36.3 Å². The highest BCUT2D eigenvalue weighted by Gasteiger charge is 2.30. The summed E-state index contributed by atoms with van der Waals surface area (Å²) in [4.78, 5) is 13.5. The summed E-state index contributed by atoms with van der Waals surface area (Å²) in [6, 6.07) is 20.9. The molecule has 4 rings (SSSR count). The topological polar surface area (TPSA) is 55.6 Å². The zero-order valence-corrected chi connectivity index (χ0v) is 22.5. The highest BCUT2D eigenvalue weighted by atomic mass is 19.4. The van der Waals surface area contributed by atoms with Gasteiger partial charge in [0.05, 0.1) is 12.2 Å². The van der Waals surface area contributed by atoms with Crippen molar-refractivity contribution in [3.63, 3.8) is 0 Å². The van der Waals surface area contributed by atoms with Gasteiger partial charge >= 0.3 is 12.1 Å². The van der Waals surface area contributed by atoms with Crippen LogP contribution in [0, 0.1) is 18.8 Å². The maximum atomic E-state index is 13.0. The third-order valence-corrected chi connectivity index (χ3v) is 6.38. The van der Waals surface area contributed by atoms with E-state index in [9.17, 15) is 18.0 Å². The maximum Gasteiger partial charge on any atom is 0.416 e. The summed E-state index contributed by atoms with van der Waals surface area (Å²) in [7, 11) is 1.93. The van der Waals surface area contributed by atoms with Gasteiger partial charge in [0, 0.05) is 30.6 Å². The Hall–Kier alpha value is -4.51. The van der Waals surface area contributed by atoms with Gasteiger partial charge in [0.1, 0.15) is 11.4 Å². The number of carbonyl (C=O) groups is 1. The smallest absolute Gasteiger partial charge is 0.416 e. The molecule has 1 heterocycles. The van der Waals surface area contributed by atoms with Crippen molar-refractivity contribution in [2.75, 3.05) is 25.1 Å². The fourth-order valence-electron chi connectivity index (χ4n) is 4.39. The van der Waals surface area contributed by atoms with Crippen LogP contribution in [0.15, 0.2) is 77.3 Å². The highest BCUT2D eigenvalue weighted by Crippen LogP contribution is 2.35. The average molecular weight is 547 g/mol. The molecule has 0 aliphatic heterocycles. The molecular weight excluding hydrogens is 517 g/mol. The van der Waals surface area contributed by atoms with Crippen molar-refractivity contribution in [1.82, 2.24) is 5.16 Å². The zero-order valence-electron chi connectivity index (χ0n) is 22.5. The minimum atomic E-state index is -4.35. The molecule has 0 aliphatic carbocycles. The lowest BCUT2D eigenvalue weighted by molar-refractivity contribution is -0.138. The molecule has 206 valence electrons. The monoisotopic (exact) mass is 546 g/mol. The van der Waals surface area contributed by atoms with Gasteiger partial charge in [-0.05, 0) is 61.6 Å². The third-order valence-electron chi connectivity index (χ3n) is 6.38. The lowest BCUT2D eigenvalue weighted by atomic mass is 10.0. The first kappa shape index (κ1) is 28.5. The molecule has 0 saturated carbocycles. The normalized spacial score (nSPS) is 11.1. The molecule has 8 heteroatoms. The first-order valence-corrected chi connectivity index (χ1v) is 12.9. The van der Waals surface area contributed by atoms with E-state index < -0.39 is 17.7 Å². The number of aryl methyl sites for hydroxylation is 2. The van der Waals surface area contributed by atoms with Crippen molar-refractivity contribution in [2.45, 2.75) is 32.9 Å². The summed E-state index contributed by atoms with van der Waals surface area (Å²) >= 11 is 0. The van der Waals surface area contributed by atoms with E-state index in [1.807, 2.05) is 67.4 Å². The highest BCUT2D eigenvalue weighted by molar-refractivity contribution is 5.89. The van der Waals surface area contributed by atoms with Gasteiger partial charge in [-0.3, -0.25) is 0 Å². The Morgan fingerprint density at radius 2 is 1.65 bits per heavy atom. The van der Waals surface area contributed by atoms with Crippen LogP contribution in [0.2, 0.25) is 0 Å². The van der Waals surface area contributed by atoms with Gasteiger partial charge in [-0.15, -0.1) is 0 Å². The van der Waals surface area contributed by atoms with Gasteiger partial charge < -0.3 is 14.2 Å². The third kappa shape index (κ3) is 7.11. The molecule has 0 amide bonds. The molecule has 0 saturated heterocycles. The predicted octanol–water partition coefficient (Wildman–Crippen LogP) is 7.32. The van der Waals surface area contributed by atoms with E-state index in [-0.39, 0.29) is 6.61 Å². The van der Waals surface area contributed by atoms with Crippen molar-refractivity contribution in [3.05, 3.63) is 95.2 Å². The summed E-state index contributed by atoms with van der Waals surface area (Å²) in [6.45, 7) is 4.51. The Morgan fingerprint density at radius 3 is 2.30 bits per heavy atom. The lowest BCUT2D eigenvalue weighted by Crippen LogP contribution is -2.20. The van der Waals surface area contributed by atoms with Crippen molar-refractivity contribution in [1.29, 1.82) is 0 Å². The van der Waals surface area contributed by atoms with Crippen molar-refractivity contribution in [2.24, 2.45) is 0 Å². The summed E-state index contributed by atoms with van der Waals surface area (Å²) in [5.74, 6) is 5.34. The van der Waals surface area contributed by atoms with Crippen molar-refractivity contribution < 1.29 is 27.2 Å². The summed E-state index contributed by atoms with van der Waals surface area (Å²) in [5.41, 5.74) is 5.18. The number of carbonyl (C=O) groups excluding carboxylic acids is 1. The van der Waals surface area contributed by atoms with Gasteiger partial charge in [-0.2, -0.15) is 13.2 Å². The number of alkyl halides is 3. The fourth-order valence-corrected chi connectivity index (χ4v) is 4.39. The Kier molecular flexibility index (Phi) is 8.95. The minimum absolute atomic E-state index is 0.289. The van der Waals surface area contributed by atoms with Crippen LogP contribution in [0.1, 0.15) is 35.7 Å². The Bertz CT molecular complexity index is 1510. The van der Waals surface area contributed by atoms with Crippen molar-refractivity contribution >= 4 is 11.7 Å². The molecule has 1 aromatic heterocycles. The zero-order chi connectivity index (χ0) is 28.7. The summed E-state index contributed by atoms with van der Waals surface area (Å²) in [6.07, 6.45) is -3.16. The van der Waals surface area contributed by atoms with Crippen LogP contribution in [0.4, 0.5) is 18.9 Å². The van der Waals surface area contributed by atoms with Crippen LogP contribution >= 0.6 is 0 Å². The number of aromatic nitrogens is 1. The Labute approximate surface area is 231 Å². The molecule has 4 aromatic rings. The van der Waals surface area contributed by atoms with E-state index in [4.69, 9.17) is 9.26 Å². The Morgan fingerprint density at radius 1 is 1.00 bits per heavy atom. The Balaban J connectivity index is 1.42. The number of hydrogen-bond acceptors (Lipinski definition) is 5. The number of halogens is 3. The van der Waals surface area contributed by atoms with Gasteiger partial charge in [-0.1, -0.05) is 65.7 Å². The standard InChI is InChI=1S/C32H29F3N2O3/c1-4-39-29(38)19-12-23-10-13-25(14-11-23)26-15-17-27(18-16-26)31-30(22(2)36-40-31)37(3)20-6-8-24-7-5-9-28(21-24)32(33,34)35/h5,7,9-11,13-18,21H,4,6,8,20H2,1-3H3. The molecule has 0 unspecified atom stereocenters. The molecule has 0 atom stereocenters. The van der Waals surface area contributed by atoms with Gasteiger partial charge in [0.2, 0.25) is 0 Å². The second-order valence-electron chi connectivity index (χ2n) is 9.29. The van der Waals surface area contributed by atoms with Crippen LogP contribution in [0.3, 0.4) is 0 Å². The lowest BCUT2D eigenvalue weighted by Gasteiger charge is -2.19. The van der Waals surface area contributed by atoms with E-state index >= 15 is 0 Å². The van der Waals surface area contributed by atoms with E-state index in [2.05, 4.69) is 17.0 Å². The largest absolute Gasteiger partial charge is 0.456 e. The second kappa shape index (κ2) is 12.6. The van der Waals surface area contributed by atoms with Crippen molar-refractivity contribution in [3.8, 4) is 34.3 Å². The number of benzene rings is 3. The molecule has 5 nitrogen and oxygen atoms in total. The number of esters is 1. The molecule has 0 fully saturated rings. The van der Waals surface area contributed by atoms with E-state index in [1.165, 1.54) is 12.1 Å². The van der Waals surface area contributed by atoms with Crippen LogP contribution in [-0.2, 0) is 22.1 Å². The number of ether oxygens (including phenoxy) is 1. The molecule has 40 heavy (non-hydrogen) atoms. The summed E-state index contributed by atoms with van der Waals surface area (Å²) in [5, 5.41) is 4.16. The summed E-state index contributed by atoms with van der Waals surface area (Å²) < 4.78 is 49.6. The average Bonchev–Trinajstić information content (AvgIpc) is 3.33. The fraction of sp³-hybridized carbons (Fsp3) is 0.250. The molecule has 0 aliphatic rings. The molecule has 3 aromatic carbocycles. The number of hydrogen-bond donors (Lipinski definition) is 0. The molecule has 0 bridgehead atoms. The minimum Gasteiger partial charge on any atom is -0.456 e. The first-order valence-electron chi connectivity index (χ1n) is 12.9. The SMILES string of the molecule is CCOC(=O)C#Cc1ccc(-c2ccc(-c3onc(C)c3N(C)CCCc3cccc(C(F)(F)F)c3)cc2)cc1. The van der Waals surface area contributed by atoms with Crippen LogP contribution in [0.5, 0.6) is 0 Å².